The molecule has 5 nitrogen and oxygen atoms in total. The number of benzene rings is 3. The summed E-state index contributed by atoms with van der Waals surface area (Å²) in [5.41, 5.74) is 1.38. The highest BCUT2D eigenvalue weighted by molar-refractivity contribution is 6.39. The van der Waals surface area contributed by atoms with Gasteiger partial charge in [-0.3, -0.25) is 9.59 Å². The fourth-order valence-electron chi connectivity index (χ4n) is 2.56. The number of anilines is 1. The van der Waals surface area contributed by atoms with E-state index in [1.54, 1.807) is 19.2 Å². The van der Waals surface area contributed by atoms with Crippen LogP contribution in [-0.4, -0.2) is 18.9 Å². The lowest BCUT2D eigenvalue weighted by Crippen LogP contribution is -2.35. The zero-order valence-electron chi connectivity index (χ0n) is 13.8. The summed E-state index contributed by atoms with van der Waals surface area (Å²) in [6.45, 7) is 0.216. The van der Waals surface area contributed by atoms with Crippen LogP contribution in [0.5, 0.6) is 5.75 Å². The van der Waals surface area contributed by atoms with E-state index in [1.807, 2.05) is 54.6 Å². The lowest BCUT2D eigenvalue weighted by molar-refractivity contribution is -0.136. The Morgan fingerprint density at radius 1 is 0.880 bits per heavy atom. The molecular weight excluding hydrogens is 316 g/mol. The maximum atomic E-state index is 12.1. The third-order valence-corrected chi connectivity index (χ3v) is 3.85. The quantitative estimate of drug-likeness (QED) is 0.721. The van der Waals surface area contributed by atoms with Crippen LogP contribution in [0.3, 0.4) is 0 Å². The number of hydrogen-bond acceptors (Lipinski definition) is 3. The first kappa shape index (κ1) is 16.5. The van der Waals surface area contributed by atoms with E-state index in [0.29, 0.717) is 11.4 Å². The van der Waals surface area contributed by atoms with Crippen molar-refractivity contribution in [2.45, 2.75) is 6.54 Å². The van der Waals surface area contributed by atoms with Crippen LogP contribution in [0.15, 0.2) is 66.7 Å². The molecule has 0 saturated carbocycles. The number of amides is 2. The molecule has 0 aliphatic carbocycles. The standard InChI is InChI=1S/C20H18N2O3/c1-25-18-9-5-4-8-16(18)13-21-19(23)20(24)22-17-11-10-14-6-2-3-7-15(14)12-17/h2-12H,13H2,1H3,(H,21,23)(H,22,24). The minimum absolute atomic E-state index is 0.216. The maximum absolute atomic E-state index is 12.1. The molecule has 0 spiro atoms. The number of carbonyl (C=O) groups is 2. The summed E-state index contributed by atoms with van der Waals surface area (Å²) >= 11 is 0. The lowest BCUT2D eigenvalue weighted by atomic mass is 10.1. The van der Waals surface area contributed by atoms with Gasteiger partial charge in [0.1, 0.15) is 5.75 Å². The molecule has 0 saturated heterocycles. The van der Waals surface area contributed by atoms with Crippen LogP contribution in [0.1, 0.15) is 5.56 Å². The van der Waals surface area contributed by atoms with E-state index in [-0.39, 0.29) is 6.54 Å². The van der Waals surface area contributed by atoms with Gasteiger partial charge in [0.15, 0.2) is 0 Å². The summed E-state index contributed by atoms with van der Waals surface area (Å²) in [7, 11) is 1.56. The Hall–Kier alpha value is -3.34. The predicted molar refractivity (Wildman–Crippen MR) is 97.4 cm³/mol. The van der Waals surface area contributed by atoms with Gasteiger partial charge in [-0.2, -0.15) is 0 Å². The zero-order chi connectivity index (χ0) is 17.6. The predicted octanol–water partition coefficient (Wildman–Crippen LogP) is 3.10. The molecular formula is C20H18N2O3. The van der Waals surface area contributed by atoms with Crippen molar-refractivity contribution >= 4 is 28.3 Å². The van der Waals surface area contributed by atoms with Crippen LogP contribution in [0.25, 0.3) is 10.8 Å². The van der Waals surface area contributed by atoms with Crippen molar-refractivity contribution in [3.63, 3.8) is 0 Å². The van der Waals surface area contributed by atoms with Crippen LogP contribution >= 0.6 is 0 Å². The zero-order valence-corrected chi connectivity index (χ0v) is 13.8. The normalized spacial score (nSPS) is 10.3. The van der Waals surface area contributed by atoms with Crippen LogP contribution < -0.4 is 15.4 Å². The highest BCUT2D eigenvalue weighted by Gasteiger charge is 2.14. The monoisotopic (exact) mass is 334 g/mol. The Balaban J connectivity index is 1.63. The van der Waals surface area contributed by atoms with E-state index in [0.717, 1.165) is 16.3 Å². The van der Waals surface area contributed by atoms with Crippen molar-refractivity contribution in [3.05, 3.63) is 72.3 Å². The summed E-state index contributed by atoms with van der Waals surface area (Å²) in [5, 5.41) is 7.28. The van der Waals surface area contributed by atoms with E-state index in [9.17, 15) is 9.59 Å². The van der Waals surface area contributed by atoms with Gasteiger partial charge in [-0.05, 0) is 29.0 Å². The van der Waals surface area contributed by atoms with E-state index < -0.39 is 11.8 Å². The number of fused-ring (bicyclic) bond motifs is 1. The van der Waals surface area contributed by atoms with E-state index in [4.69, 9.17) is 4.74 Å². The Morgan fingerprint density at radius 3 is 2.40 bits per heavy atom. The van der Waals surface area contributed by atoms with Crippen LogP contribution in [0.4, 0.5) is 5.69 Å². The van der Waals surface area contributed by atoms with Crippen LogP contribution in [0.2, 0.25) is 0 Å². The fraction of sp³-hybridized carbons (Fsp3) is 0.100. The molecule has 2 N–H and O–H groups in total. The molecule has 3 rings (SSSR count). The first-order valence-corrected chi connectivity index (χ1v) is 7.87. The number of ether oxygens (including phenoxy) is 1. The van der Waals surface area contributed by atoms with Crippen molar-refractivity contribution in [1.29, 1.82) is 0 Å². The molecule has 3 aromatic carbocycles. The van der Waals surface area contributed by atoms with E-state index in [2.05, 4.69) is 10.6 Å². The van der Waals surface area contributed by atoms with Gasteiger partial charge < -0.3 is 15.4 Å². The van der Waals surface area contributed by atoms with Crippen molar-refractivity contribution in [2.75, 3.05) is 12.4 Å². The lowest BCUT2D eigenvalue weighted by Gasteiger charge is -2.10. The first-order chi connectivity index (χ1) is 12.2. The fourth-order valence-corrected chi connectivity index (χ4v) is 2.56. The van der Waals surface area contributed by atoms with Gasteiger partial charge in [-0.25, -0.2) is 0 Å². The summed E-state index contributed by atoms with van der Waals surface area (Å²) < 4.78 is 5.22. The molecule has 0 fully saturated rings. The molecule has 0 atom stereocenters. The van der Waals surface area contributed by atoms with Crippen LogP contribution in [-0.2, 0) is 16.1 Å². The smallest absolute Gasteiger partial charge is 0.313 e. The number of para-hydroxylation sites is 1. The molecule has 5 heteroatoms. The van der Waals surface area contributed by atoms with Crippen molar-refractivity contribution in [3.8, 4) is 5.75 Å². The van der Waals surface area contributed by atoms with Gasteiger partial charge >= 0.3 is 11.8 Å². The molecule has 3 aromatic rings. The minimum Gasteiger partial charge on any atom is -0.496 e. The van der Waals surface area contributed by atoms with Gasteiger partial charge in [0, 0.05) is 17.8 Å². The molecule has 0 aliphatic rings. The van der Waals surface area contributed by atoms with E-state index >= 15 is 0 Å². The summed E-state index contributed by atoms with van der Waals surface area (Å²) in [6, 6.07) is 20.6. The molecule has 0 bridgehead atoms. The third kappa shape index (κ3) is 3.95. The number of rotatable bonds is 4. The van der Waals surface area contributed by atoms with Gasteiger partial charge in [-0.15, -0.1) is 0 Å². The highest BCUT2D eigenvalue weighted by Crippen LogP contribution is 2.19. The van der Waals surface area contributed by atoms with Crippen molar-refractivity contribution in [2.24, 2.45) is 0 Å². The SMILES string of the molecule is COc1ccccc1CNC(=O)C(=O)Nc1ccc2ccccc2c1. The summed E-state index contributed by atoms with van der Waals surface area (Å²) in [5.74, 6) is -0.734. The number of hydrogen-bond donors (Lipinski definition) is 2. The molecule has 126 valence electrons. The molecule has 0 radical (unpaired) electrons. The van der Waals surface area contributed by atoms with E-state index in [1.165, 1.54) is 0 Å². The topological polar surface area (TPSA) is 67.4 Å². The Labute approximate surface area is 145 Å². The van der Waals surface area contributed by atoms with Crippen molar-refractivity contribution in [1.82, 2.24) is 5.32 Å². The highest BCUT2D eigenvalue weighted by atomic mass is 16.5. The summed E-state index contributed by atoms with van der Waals surface area (Å²) in [6.07, 6.45) is 0. The average molecular weight is 334 g/mol. The largest absolute Gasteiger partial charge is 0.496 e. The molecule has 0 aromatic heterocycles. The minimum atomic E-state index is -0.704. The maximum Gasteiger partial charge on any atom is 0.313 e. The molecule has 2 amide bonds. The molecule has 0 unspecified atom stereocenters. The first-order valence-electron chi connectivity index (χ1n) is 7.87. The van der Waals surface area contributed by atoms with Gasteiger partial charge in [0.25, 0.3) is 0 Å². The Kier molecular flexibility index (Phi) is 4.95. The molecule has 0 heterocycles. The number of carbonyl (C=O) groups excluding carboxylic acids is 2. The molecule has 0 aliphatic heterocycles. The Bertz CT molecular complexity index is 921. The molecule has 25 heavy (non-hydrogen) atoms. The van der Waals surface area contributed by atoms with Crippen LogP contribution in [0, 0.1) is 0 Å². The second-order valence-electron chi connectivity index (χ2n) is 5.51. The number of methoxy groups -OCH3 is 1. The summed E-state index contributed by atoms with van der Waals surface area (Å²) in [4.78, 5) is 24.1. The average Bonchev–Trinajstić information content (AvgIpc) is 2.66. The van der Waals surface area contributed by atoms with Crippen molar-refractivity contribution < 1.29 is 14.3 Å². The Morgan fingerprint density at radius 2 is 1.60 bits per heavy atom. The van der Waals surface area contributed by atoms with Gasteiger partial charge in [0.05, 0.1) is 7.11 Å². The second kappa shape index (κ2) is 7.49. The van der Waals surface area contributed by atoms with Gasteiger partial charge in [0.2, 0.25) is 0 Å². The van der Waals surface area contributed by atoms with Gasteiger partial charge in [-0.1, -0.05) is 48.5 Å². The third-order valence-electron chi connectivity index (χ3n) is 3.85. The number of nitrogens with one attached hydrogen (secondary N) is 2. The second-order valence-corrected chi connectivity index (χ2v) is 5.51.